The summed E-state index contributed by atoms with van der Waals surface area (Å²) >= 11 is 1.68. The Kier molecular flexibility index (Phi) is 4.76. The van der Waals surface area contributed by atoms with Crippen LogP contribution in [0.25, 0.3) is 0 Å². The van der Waals surface area contributed by atoms with Crippen molar-refractivity contribution in [2.75, 3.05) is 5.43 Å². The fourth-order valence-corrected chi connectivity index (χ4v) is 1.54. The molecule has 98 valence electrons. The second kappa shape index (κ2) is 6.10. The zero-order chi connectivity index (χ0) is 14.6. The number of nitrogens with two attached hydrogens (primary N) is 1. The smallest absolute Gasteiger partial charge is 0.337 e. The van der Waals surface area contributed by atoms with Crippen LogP contribution in [0.3, 0.4) is 0 Å². The van der Waals surface area contributed by atoms with E-state index in [1.807, 2.05) is 0 Å². The van der Waals surface area contributed by atoms with Gasteiger partial charge < -0.3 is 10.8 Å². The molecule has 0 bridgehead atoms. The van der Waals surface area contributed by atoms with Crippen molar-refractivity contribution >= 4 is 45.8 Å². The van der Waals surface area contributed by atoms with Crippen molar-refractivity contribution in [2.45, 2.75) is 0 Å². The third-order valence-corrected chi connectivity index (χ3v) is 2.80. The SMILES string of the molecule is N#C/C(=N\Nc1c(C(=O)O)ccc(I)c1F)C(=N)N. The van der Waals surface area contributed by atoms with Crippen LogP contribution in [0, 0.1) is 26.1 Å². The number of halogens is 2. The molecule has 9 heteroatoms. The summed E-state index contributed by atoms with van der Waals surface area (Å²) in [6.45, 7) is 0. The van der Waals surface area contributed by atoms with Crippen LogP contribution in [0.5, 0.6) is 0 Å². The summed E-state index contributed by atoms with van der Waals surface area (Å²) in [6.07, 6.45) is 0. The molecular formula is C10H7FIN5O2. The molecular weight excluding hydrogens is 368 g/mol. The summed E-state index contributed by atoms with van der Waals surface area (Å²) in [5, 5.41) is 28.0. The molecule has 0 amide bonds. The van der Waals surface area contributed by atoms with E-state index in [-0.39, 0.29) is 9.13 Å². The standard InChI is InChI=1S/C10H7FIN5O2/c11-7-5(12)2-1-4(10(18)19)8(7)17-16-6(3-13)9(14)15/h1-2,17H,(H3,14,15)(H,18,19)/b16-6+. The summed E-state index contributed by atoms with van der Waals surface area (Å²) in [6, 6.07) is 4.02. The Morgan fingerprint density at radius 3 is 2.74 bits per heavy atom. The van der Waals surface area contributed by atoms with E-state index < -0.39 is 29.0 Å². The third kappa shape index (κ3) is 3.38. The molecule has 0 fully saturated rings. The van der Waals surface area contributed by atoms with E-state index in [0.717, 1.165) is 0 Å². The van der Waals surface area contributed by atoms with Crippen molar-refractivity contribution in [1.82, 2.24) is 0 Å². The molecule has 0 atom stereocenters. The highest BCUT2D eigenvalue weighted by Crippen LogP contribution is 2.24. The lowest BCUT2D eigenvalue weighted by Crippen LogP contribution is -2.22. The van der Waals surface area contributed by atoms with Gasteiger partial charge in [0, 0.05) is 0 Å². The first-order chi connectivity index (χ1) is 8.88. The average molecular weight is 375 g/mol. The Balaban J connectivity index is 3.28. The fourth-order valence-electron chi connectivity index (χ4n) is 1.10. The molecule has 1 rings (SSSR count). The van der Waals surface area contributed by atoms with Gasteiger partial charge in [0.1, 0.15) is 11.8 Å². The zero-order valence-corrected chi connectivity index (χ0v) is 11.4. The monoisotopic (exact) mass is 375 g/mol. The molecule has 0 unspecified atom stereocenters. The van der Waals surface area contributed by atoms with Crippen LogP contribution in [0.4, 0.5) is 10.1 Å². The predicted molar refractivity (Wildman–Crippen MR) is 74.7 cm³/mol. The first-order valence-electron chi connectivity index (χ1n) is 4.68. The molecule has 0 aliphatic carbocycles. The Hall–Kier alpha value is -2.22. The van der Waals surface area contributed by atoms with Gasteiger partial charge in [-0.15, -0.1) is 0 Å². The van der Waals surface area contributed by atoms with E-state index in [0.29, 0.717) is 0 Å². The number of amidine groups is 1. The van der Waals surface area contributed by atoms with Gasteiger partial charge in [0.25, 0.3) is 0 Å². The van der Waals surface area contributed by atoms with Gasteiger partial charge in [-0.2, -0.15) is 10.4 Å². The Morgan fingerprint density at radius 1 is 1.63 bits per heavy atom. The quantitative estimate of drug-likeness (QED) is 0.273. The van der Waals surface area contributed by atoms with Gasteiger partial charge >= 0.3 is 5.97 Å². The van der Waals surface area contributed by atoms with Gasteiger partial charge in [-0.05, 0) is 34.7 Å². The van der Waals surface area contributed by atoms with Crippen molar-refractivity contribution < 1.29 is 14.3 Å². The molecule has 0 aliphatic heterocycles. The van der Waals surface area contributed by atoms with E-state index >= 15 is 0 Å². The van der Waals surface area contributed by atoms with E-state index in [9.17, 15) is 9.18 Å². The minimum Gasteiger partial charge on any atom is -0.478 e. The highest BCUT2D eigenvalue weighted by Gasteiger charge is 2.17. The number of nitrogens with one attached hydrogen (secondary N) is 2. The number of nitriles is 1. The number of aromatic carboxylic acids is 1. The number of carbonyl (C=O) groups is 1. The van der Waals surface area contributed by atoms with Crippen molar-refractivity contribution in [3.63, 3.8) is 0 Å². The zero-order valence-electron chi connectivity index (χ0n) is 9.24. The largest absolute Gasteiger partial charge is 0.478 e. The minimum atomic E-state index is -1.35. The van der Waals surface area contributed by atoms with Gasteiger partial charge in [0.05, 0.1) is 9.13 Å². The topological polar surface area (TPSA) is 135 Å². The summed E-state index contributed by atoms with van der Waals surface area (Å²) < 4.78 is 14.0. The first-order valence-corrected chi connectivity index (χ1v) is 5.75. The van der Waals surface area contributed by atoms with Gasteiger partial charge in [-0.25, -0.2) is 9.18 Å². The van der Waals surface area contributed by atoms with Crippen LogP contribution in [-0.2, 0) is 0 Å². The van der Waals surface area contributed by atoms with Gasteiger partial charge in [-0.1, -0.05) is 0 Å². The maximum atomic E-state index is 13.8. The lowest BCUT2D eigenvalue weighted by Gasteiger charge is -2.08. The van der Waals surface area contributed by atoms with Gasteiger partial charge in [0.2, 0.25) is 5.71 Å². The Morgan fingerprint density at radius 2 is 2.26 bits per heavy atom. The Bertz CT molecular complexity index is 623. The number of anilines is 1. The van der Waals surface area contributed by atoms with E-state index in [1.54, 1.807) is 22.6 Å². The van der Waals surface area contributed by atoms with Crippen molar-refractivity contribution in [3.05, 3.63) is 27.1 Å². The predicted octanol–water partition coefficient (Wildman–Crippen LogP) is 1.36. The summed E-state index contributed by atoms with van der Waals surface area (Å²) in [4.78, 5) is 10.9. The first kappa shape index (κ1) is 14.8. The number of rotatable bonds is 4. The maximum Gasteiger partial charge on any atom is 0.337 e. The fraction of sp³-hybridized carbons (Fsp3) is 0. The molecule has 0 heterocycles. The Labute approximate surface area is 120 Å². The number of carboxylic acid groups (broad SMARTS) is 1. The number of hydrogen-bond donors (Lipinski definition) is 4. The minimum absolute atomic E-state index is 0.182. The molecule has 1 aromatic rings. The highest BCUT2D eigenvalue weighted by atomic mass is 127. The van der Waals surface area contributed by atoms with Gasteiger partial charge in [-0.3, -0.25) is 10.8 Å². The van der Waals surface area contributed by atoms with Crippen LogP contribution in [-0.4, -0.2) is 22.6 Å². The second-order valence-electron chi connectivity index (χ2n) is 3.19. The lowest BCUT2D eigenvalue weighted by atomic mass is 10.2. The normalized spacial score (nSPS) is 10.7. The van der Waals surface area contributed by atoms with Crippen molar-refractivity contribution in [3.8, 4) is 6.07 Å². The molecule has 7 nitrogen and oxygen atoms in total. The molecule has 0 aromatic heterocycles. The van der Waals surface area contributed by atoms with Crippen molar-refractivity contribution in [2.24, 2.45) is 10.8 Å². The summed E-state index contributed by atoms with van der Waals surface area (Å²) in [7, 11) is 0. The summed E-state index contributed by atoms with van der Waals surface area (Å²) in [5.74, 6) is -2.78. The van der Waals surface area contributed by atoms with E-state index in [2.05, 4.69) is 10.5 Å². The van der Waals surface area contributed by atoms with Crippen molar-refractivity contribution in [1.29, 1.82) is 10.7 Å². The number of carboxylic acids is 1. The van der Waals surface area contributed by atoms with Crippen LogP contribution in [0.2, 0.25) is 0 Å². The molecule has 1 aromatic carbocycles. The van der Waals surface area contributed by atoms with E-state index in [4.69, 9.17) is 21.5 Å². The number of hydrazone groups is 1. The van der Waals surface area contributed by atoms with Crippen LogP contribution in [0.15, 0.2) is 17.2 Å². The highest BCUT2D eigenvalue weighted by molar-refractivity contribution is 14.1. The number of nitrogens with zero attached hydrogens (tertiary/aromatic N) is 2. The molecule has 5 N–H and O–H groups in total. The molecule has 19 heavy (non-hydrogen) atoms. The van der Waals surface area contributed by atoms with Crippen LogP contribution < -0.4 is 11.2 Å². The van der Waals surface area contributed by atoms with Crippen LogP contribution >= 0.6 is 22.6 Å². The summed E-state index contributed by atoms with van der Waals surface area (Å²) in [5.41, 5.74) is 5.96. The lowest BCUT2D eigenvalue weighted by molar-refractivity contribution is 0.0697. The molecule has 0 radical (unpaired) electrons. The number of hydrogen-bond acceptors (Lipinski definition) is 5. The molecule has 0 spiro atoms. The third-order valence-electron chi connectivity index (χ3n) is 1.97. The van der Waals surface area contributed by atoms with E-state index in [1.165, 1.54) is 18.2 Å². The molecule has 0 saturated heterocycles. The van der Waals surface area contributed by atoms with Crippen LogP contribution in [0.1, 0.15) is 10.4 Å². The molecule has 0 aliphatic rings. The molecule has 0 saturated carbocycles. The van der Waals surface area contributed by atoms with Gasteiger partial charge in [0.15, 0.2) is 11.7 Å². The maximum absolute atomic E-state index is 13.8. The number of benzene rings is 1. The second-order valence-corrected chi connectivity index (χ2v) is 4.35. The average Bonchev–Trinajstić information content (AvgIpc) is 2.34.